The Labute approximate surface area is 134 Å². The Hall–Kier alpha value is -2.26. The Balaban J connectivity index is 1.84. The number of Topliss-reactive ketones (excluding diaryl/α,β-unsaturated/α-hetero) is 1. The van der Waals surface area contributed by atoms with E-state index in [4.69, 9.17) is 21.1 Å². The Morgan fingerprint density at radius 2 is 1.73 bits per heavy atom. The number of carbonyl (C=O) groups is 1. The van der Waals surface area contributed by atoms with E-state index in [1.807, 2.05) is 24.3 Å². The number of ketones is 1. The highest BCUT2D eigenvalue weighted by Gasteiger charge is 2.12. The molecule has 1 aliphatic rings. The molecule has 1 aliphatic heterocycles. The van der Waals surface area contributed by atoms with Crippen LogP contribution in [0.15, 0.2) is 48.0 Å². The molecule has 0 aromatic heterocycles. The molecule has 22 heavy (non-hydrogen) atoms. The Kier molecular flexibility index (Phi) is 4.16. The van der Waals surface area contributed by atoms with Gasteiger partial charge in [-0.1, -0.05) is 17.7 Å². The predicted molar refractivity (Wildman–Crippen MR) is 86.9 cm³/mol. The van der Waals surface area contributed by atoms with E-state index >= 15 is 0 Å². The Morgan fingerprint density at radius 3 is 2.45 bits per heavy atom. The lowest BCUT2D eigenvalue weighted by molar-refractivity contribution is 0.103. The molecule has 0 spiro atoms. The topological polar surface area (TPSA) is 35.5 Å². The van der Waals surface area contributed by atoms with Crippen LogP contribution in [0.1, 0.15) is 22.8 Å². The SMILES string of the molecule is CC(=Cc1ccc2c(c1)OCCO2)C(=O)c1ccc(Cl)cc1. The number of fused-ring (bicyclic) bond motifs is 1. The fourth-order valence-electron chi connectivity index (χ4n) is 2.29. The van der Waals surface area contributed by atoms with Crippen LogP contribution >= 0.6 is 11.6 Å². The number of hydrogen-bond donors (Lipinski definition) is 0. The maximum Gasteiger partial charge on any atom is 0.188 e. The minimum Gasteiger partial charge on any atom is -0.486 e. The van der Waals surface area contributed by atoms with Crippen molar-refractivity contribution < 1.29 is 14.3 Å². The standard InChI is InChI=1S/C18H15ClO3/c1-12(18(20)14-3-5-15(19)6-4-14)10-13-2-7-16-17(11-13)22-9-8-21-16/h2-7,10-11H,8-9H2,1H3. The van der Waals surface area contributed by atoms with Crippen molar-refractivity contribution in [1.82, 2.24) is 0 Å². The second-order valence-electron chi connectivity index (χ2n) is 5.07. The van der Waals surface area contributed by atoms with Gasteiger partial charge in [-0.2, -0.15) is 0 Å². The predicted octanol–water partition coefficient (Wildman–Crippen LogP) is 4.40. The van der Waals surface area contributed by atoms with Crippen molar-refractivity contribution in [2.75, 3.05) is 13.2 Å². The van der Waals surface area contributed by atoms with Crippen LogP contribution in [0, 0.1) is 0 Å². The van der Waals surface area contributed by atoms with Crippen molar-refractivity contribution in [3.05, 3.63) is 64.2 Å². The summed E-state index contributed by atoms with van der Waals surface area (Å²) in [6, 6.07) is 12.5. The van der Waals surface area contributed by atoms with Gasteiger partial charge in [0, 0.05) is 10.6 Å². The van der Waals surface area contributed by atoms with Crippen molar-refractivity contribution in [2.45, 2.75) is 6.92 Å². The third kappa shape index (κ3) is 3.15. The second-order valence-corrected chi connectivity index (χ2v) is 5.50. The number of allylic oxidation sites excluding steroid dienone is 1. The Morgan fingerprint density at radius 1 is 1.05 bits per heavy atom. The van der Waals surface area contributed by atoms with Crippen LogP contribution in [0.4, 0.5) is 0 Å². The van der Waals surface area contributed by atoms with Gasteiger partial charge in [-0.3, -0.25) is 4.79 Å². The zero-order valence-electron chi connectivity index (χ0n) is 12.1. The first kappa shape index (κ1) is 14.7. The normalized spacial score (nSPS) is 13.8. The van der Waals surface area contributed by atoms with Crippen LogP contribution in [0.2, 0.25) is 5.02 Å². The average Bonchev–Trinajstić information content (AvgIpc) is 2.55. The molecule has 0 fully saturated rings. The van der Waals surface area contributed by atoms with Gasteiger partial charge in [0.25, 0.3) is 0 Å². The van der Waals surface area contributed by atoms with Crippen molar-refractivity contribution in [2.24, 2.45) is 0 Å². The molecule has 3 rings (SSSR count). The highest BCUT2D eigenvalue weighted by atomic mass is 35.5. The average molecular weight is 315 g/mol. The maximum absolute atomic E-state index is 12.4. The van der Waals surface area contributed by atoms with Gasteiger partial charge in [0.15, 0.2) is 17.3 Å². The minimum absolute atomic E-state index is 0.0217. The van der Waals surface area contributed by atoms with E-state index in [9.17, 15) is 4.79 Å². The van der Waals surface area contributed by atoms with E-state index < -0.39 is 0 Å². The van der Waals surface area contributed by atoms with E-state index in [0.29, 0.717) is 35.1 Å². The molecule has 2 aromatic carbocycles. The lowest BCUT2D eigenvalue weighted by atomic mass is 10.0. The molecule has 0 atom stereocenters. The summed E-state index contributed by atoms with van der Waals surface area (Å²) >= 11 is 5.84. The quantitative estimate of drug-likeness (QED) is 0.622. The molecule has 0 amide bonds. The first-order valence-corrected chi connectivity index (χ1v) is 7.39. The van der Waals surface area contributed by atoms with Gasteiger partial charge in [0.2, 0.25) is 0 Å². The summed E-state index contributed by atoms with van der Waals surface area (Å²) in [5.74, 6) is 1.43. The largest absolute Gasteiger partial charge is 0.486 e. The van der Waals surface area contributed by atoms with Gasteiger partial charge in [-0.05, 0) is 60.5 Å². The van der Waals surface area contributed by atoms with Crippen LogP contribution < -0.4 is 9.47 Å². The molecule has 0 saturated carbocycles. The lowest BCUT2D eigenvalue weighted by Gasteiger charge is -2.18. The molecular weight excluding hydrogens is 300 g/mol. The van der Waals surface area contributed by atoms with Crippen LogP contribution in [0.25, 0.3) is 6.08 Å². The first-order chi connectivity index (χ1) is 10.6. The molecule has 0 saturated heterocycles. The van der Waals surface area contributed by atoms with Crippen molar-refractivity contribution >= 4 is 23.5 Å². The summed E-state index contributed by atoms with van der Waals surface area (Å²) < 4.78 is 11.0. The minimum atomic E-state index is -0.0217. The smallest absolute Gasteiger partial charge is 0.188 e. The van der Waals surface area contributed by atoms with Crippen molar-refractivity contribution in [3.8, 4) is 11.5 Å². The summed E-state index contributed by atoms with van der Waals surface area (Å²) in [6.45, 7) is 2.91. The summed E-state index contributed by atoms with van der Waals surface area (Å²) in [5, 5.41) is 0.616. The molecule has 1 heterocycles. The number of rotatable bonds is 3. The number of halogens is 1. The van der Waals surface area contributed by atoms with Crippen LogP contribution in [0.5, 0.6) is 11.5 Å². The van der Waals surface area contributed by atoms with Crippen LogP contribution in [-0.2, 0) is 0 Å². The van der Waals surface area contributed by atoms with Gasteiger partial charge in [0.1, 0.15) is 13.2 Å². The number of ether oxygens (including phenoxy) is 2. The molecule has 112 valence electrons. The third-order valence-corrected chi connectivity index (χ3v) is 3.67. The molecular formula is C18H15ClO3. The van der Waals surface area contributed by atoms with Crippen LogP contribution in [0.3, 0.4) is 0 Å². The van der Waals surface area contributed by atoms with Gasteiger partial charge < -0.3 is 9.47 Å². The molecule has 0 radical (unpaired) electrons. The summed E-state index contributed by atoms with van der Waals surface area (Å²) in [7, 11) is 0. The fourth-order valence-corrected chi connectivity index (χ4v) is 2.42. The van der Waals surface area contributed by atoms with Gasteiger partial charge in [0.05, 0.1) is 0 Å². The second kappa shape index (κ2) is 6.24. The van der Waals surface area contributed by atoms with E-state index in [1.54, 1.807) is 31.2 Å². The van der Waals surface area contributed by atoms with Gasteiger partial charge in [-0.25, -0.2) is 0 Å². The zero-order chi connectivity index (χ0) is 15.5. The molecule has 3 nitrogen and oxygen atoms in total. The number of hydrogen-bond acceptors (Lipinski definition) is 3. The highest BCUT2D eigenvalue weighted by Crippen LogP contribution is 2.31. The third-order valence-electron chi connectivity index (χ3n) is 3.41. The van der Waals surface area contributed by atoms with Gasteiger partial charge >= 0.3 is 0 Å². The molecule has 0 bridgehead atoms. The molecule has 0 aliphatic carbocycles. The Bertz CT molecular complexity index is 732. The fraction of sp³-hybridized carbons (Fsp3) is 0.167. The highest BCUT2D eigenvalue weighted by molar-refractivity contribution is 6.30. The first-order valence-electron chi connectivity index (χ1n) is 7.02. The van der Waals surface area contributed by atoms with E-state index in [1.165, 1.54) is 0 Å². The summed E-state index contributed by atoms with van der Waals surface area (Å²) in [5.41, 5.74) is 2.18. The molecule has 4 heteroatoms. The molecule has 0 N–H and O–H groups in total. The van der Waals surface area contributed by atoms with Crippen LogP contribution in [-0.4, -0.2) is 19.0 Å². The maximum atomic E-state index is 12.4. The van der Waals surface area contributed by atoms with Gasteiger partial charge in [-0.15, -0.1) is 0 Å². The number of carbonyl (C=O) groups excluding carboxylic acids is 1. The molecule has 2 aromatic rings. The summed E-state index contributed by atoms with van der Waals surface area (Å²) in [4.78, 5) is 12.4. The van der Waals surface area contributed by atoms with E-state index in [0.717, 1.165) is 11.3 Å². The molecule has 0 unspecified atom stereocenters. The van der Waals surface area contributed by atoms with Crippen molar-refractivity contribution in [1.29, 1.82) is 0 Å². The van der Waals surface area contributed by atoms with Crippen molar-refractivity contribution in [3.63, 3.8) is 0 Å². The monoisotopic (exact) mass is 314 g/mol. The summed E-state index contributed by atoms with van der Waals surface area (Å²) in [6.07, 6.45) is 1.84. The lowest BCUT2D eigenvalue weighted by Crippen LogP contribution is -2.15. The zero-order valence-corrected chi connectivity index (χ0v) is 12.9. The van der Waals surface area contributed by atoms with E-state index in [-0.39, 0.29) is 5.78 Å². The van der Waals surface area contributed by atoms with E-state index in [2.05, 4.69) is 0 Å². The number of benzene rings is 2.